The van der Waals surface area contributed by atoms with Gasteiger partial charge in [0.1, 0.15) is 4.83 Å². The average molecular weight is 473 g/mol. The number of hydrogen-bond donors (Lipinski definition) is 0. The Morgan fingerprint density at radius 2 is 1.76 bits per heavy atom. The minimum Gasteiger partial charge on any atom is -0.284 e. The van der Waals surface area contributed by atoms with Crippen LogP contribution in [0.5, 0.6) is 0 Å². The van der Waals surface area contributed by atoms with E-state index in [2.05, 4.69) is 59.2 Å². The number of aromatic nitrogens is 2. The van der Waals surface area contributed by atoms with Crippen molar-refractivity contribution in [2.45, 2.75) is 62.6 Å². The molecule has 0 amide bonds. The van der Waals surface area contributed by atoms with Crippen molar-refractivity contribution in [1.82, 2.24) is 9.55 Å². The maximum absolute atomic E-state index is 14.0. The lowest BCUT2D eigenvalue weighted by atomic mass is 9.90. The van der Waals surface area contributed by atoms with Gasteiger partial charge < -0.3 is 0 Å². The van der Waals surface area contributed by atoms with E-state index in [-0.39, 0.29) is 11.6 Å². The van der Waals surface area contributed by atoms with Crippen molar-refractivity contribution < 1.29 is 0 Å². The smallest absolute Gasteiger partial charge is 0.263 e. The molecule has 168 valence electrons. The normalized spacial score (nSPS) is 16.0. The zero-order chi connectivity index (χ0) is 22.2. The summed E-state index contributed by atoms with van der Waals surface area (Å²) in [5.74, 6) is 0.933. The molecule has 6 rings (SSSR count). The molecule has 0 unspecified atom stereocenters. The fourth-order valence-electron chi connectivity index (χ4n) is 5.44. The van der Waals surface area contributed by atoms with Gasteiger partial charge in [0.2, 0.25) is 0 Å². The second-order valence-electron chi connectivity index (χ2n) is 9.19. The Morgan fingerprint density at radius 1 is 0.970 bits per heavy atom. The van der Waals surface area contributed by atoms with Crippen LogP contribution in [-0.4, -0.2) is 15.3 Å². The second-order valence-corrected chi connectivity index (χ2v) is 11.3. The fourth-order valence-corrected chi connectivity index (χ4v) is 7.82. The zero-order valence-electron chi connectivity index (χ0n) is 18.8. The van der Waals surface area contributed by atoms with E-state index in [1.165, 1.54) is 46.4 Å². The van der Waals surface area contributed by atoms with Gasteiger partial charge in [-0.05, 0) is 54.4 Å². The lowest BCUT2D eigenvalue weighted by Crippen LogP contribution is -2.29. The first-order valence-electron chi connectivity index (χ1n) is 12.1. The van der Waals surface area contributed by atoms with Crippen molar-refractivity contribution in [3.63, 3.8) is 0 Å². The highest BCUT2D eigenvalue weighted by Gasteiger charge is 2.28. The molecule has 2 aliphatic rings. The second kappa shape index (κ2) is 9.11. The standard InChI is InChI=1S/C28H28N2OS2/c31-27-24-23-16-15-20-11-7-8-14-22(20)25(23)33-26(24)29-28(30(27)21-12-5-2-6-13-21)32-18-17-19-9-3-1-4-10-19/h1,3-4,7-11,14,21H,2,5-6,12-13,15-18H2. The summed E-state index contributed by atoms with van der Waals surface area (Å²) in [6.07, 6.45) is 8.81. The molecule has 2 aromatic heterocycles. The van der Waals surface area contributed by atoms with E-state index in [9.17, 15) is 4.79 Å². The maximum Gasteiger partial charge on any atom is 0.263 e. The molecular weight excluding hydrogens is 444 g/mol. The number of hydrogen-bond acceptors (Lipinski definition) is 4. The third-order valence-corrected chi connectivity index (χ3v) is 9.25. The van der Waals surface area contributed by atoms with E-state index in [4.69, 9.17) is 4.98 Å². The molecule has 0 radical (unpaired) electrons. The lowest BCUT2D eigenvalue weighted by Gasteiger charge is -2.26. The molecule has 0 bridgehead atoms. The summed E-state index contributed by atoms with van der Waals surface area (Å²) in [4.78, 5) is 21.4. The Labute approximate surface area is 202 Å². The molecule has 1 saturated carbocycles. The van der Waals surface area contributed by atoms with Gasteiger partial charge in [-0.15, -0.1) is 11.3 Å². The molecule has 0 spiro atoms. The molecule has 2 aliphatic carbocycles. The summed E-state index contributed by atoms with van der Waals surface area (Å²) in [5.41, 5.74) is 5.45. The molecule has 0 N–H and O–H groups in total. The molecule has 0 aliphatic heterocycles. The minimum atomic E-state index is 0.200. The van der Waals surface area contributed by atoms with E-state index in [0.29, 0.717) is 0 Å². The molecular formula is C28H28N2OS2. The van der Waals surface area contributed by atoms with Gasteiger partial charge in [0.25, 0.3) is 5.56 Å². The fraction of sp³-hybridized carbons (Fsp3) is 0.357. The Balaban J connectivity index is 1.44. The number of nitrogens with zero attached hydrogens (tertiary/aromatic N) is 2. The van der Waals surface area contributed by atoms with Crippen molar-refractivity contribution in [2.24, 2.45) is 0 Å². The highest BCUT2D eigenvalue weighted by atomic mass is 32.2. The summed E-state index contributed by atoms with van der Waals surface area (Å²) in [7, 11) is 0. The van der Waals surface area contributed by atoms with Crippen LogP contribution in [-0.2, 0) is 19.3 Å². The molecule has 2 aromatic carbocycles. The van der Waals surface area contributed by atoms with Crippen molar-refractivity contribution >= 4 is 33.3 Å². The van der Waals surface area contributed by atoms with Gasteiger partial charge in [-0.2, -0.15) is 0 Å². The number of benzene rings is 2. The van der Waals surface area contributed by atoms with Crippen LogP contribution in [0.15, 0.2) is 64.5 Å². The molecule has 5 heteroatoms. The van der Waals surface area contributed by atoms with Gasteiger partial charge in [-0.1, -0.05) is 85.6 Å². The van der Waals surface area contributed by atoms with Crippen LogP contribution in [0.2, 0.25) is 0 Å². The van der Waals surface area contributed by atoms with Gasteiger partial charge in [-0.25, -0.2) is 4.98 Å². The Kier molecular flexibility index (Phi) is 5.85. The number of thiophene rings is 1. The first kappa shape index (κ1) is 21.2. The summed E-state index contributed by atoms with van der Waals surface area (Å²) < 4.78 is 2.09. The van der Waals surface area contributed by atoms with Crippen molar-refractivity contribution in [2.75, 3.05) is 5.75 Å². The van der Waals surface area contributed by atoms with Crippen molar-refractivity contribution in [3.8, 4) is 10.4 Å². The summed E-state index contributed by atoms with van der Waals surface area (Å²) in [6, 6.07) is 19.5. The number of rotatable bonds is 5. The van der Waals surface area contributed by atoms with Gasteiger partial charge in [-0.3, -0.25) is 9.36 Å². The SMILES string of the molecule is O=c1c2c3c(sc2nc(SCCc2ccccc2)n1C1CCCCC1)-c1ccccc1CC3. The van der Waals surface area contributed by atoms with Crippen LogP contribution in [0.3, 0.4) is 0 Å². The summed E-state index contributed by atoms with van der Waals surface area (Å²) in [6.45, 7) is 0. The van der Waals surface area contributed by atoms with Crippen LogP contribution < -0.4 is 5.56 Å². The largest absolute Gasteiger partial charge is 0.284 e. The predicted octanol–water partition coefficient (Wildman–Crippen LogP) is 7.06. The van der Waals surface area contributed by atoms with Crippen LogP contribution in [0.1, 0.15) is 54.8 Å². The first-order chi connectivity index (χ1) is 16.3. The lowest BCUT2D eigenvalue weighted by molar-refractivity contribution is 0.326. The highest BCUT2D eigenvalue weighted by molar-refractivity contribution is 7.99. The molecule has 33 heavy (non-hydrogen) atoms. The number of fused-ring (bicyclic) bond motifs is 5. The minimum absolute atomic E-state index is 0.200. The van der Waals surface area contributed by atoms with E-state index >= 15 is 0 Å². The van der Waals surface area contributed by atoms with Gasteiger partial charge in [0.05, 0.1) is 5.39 Å². The Hall–Kier alpha value is -2.37. The van der Waals surface area contributed by atoms with Crippen LogP contribution in [0.4, 0.5) is 0 Å². The molecule has 0 atom stereocenters. The zero-order valence-corrected chi connectivity index (χ0v) is 20.4. The monoisotopic (exact) mass is 472 g/mol. The van der Waals surface area contributed by atoms with Crippen LogP contribution in [0.25, 0.3) is 20.7 Å². The quantitative estimate of drug-likeness (QED) is 0.230. The predicted molar refractivity (Wildman–Crippen MR) is 140 cm³/mol. The first-order valence-corrected chi connectivity index (χ1v) is 13.9. The number of thioether (sulfide) groups is 1. The summed E-state index contributed by atoms with van der Waals surface area (Å²) in [5, 5.41) is 1.81. The van der Waals surface area contributed by atoms with E-state index < -0.39 is 0 Å². The third-order valence-electron chi connectivity index (χ3n) is 7.14. The molecule has 0 saturated heterocycles. The van der Waals surface area contributed by atoms with Gasteiger partial charge >= 0.3 is 0 Å². The van der Waals surface area contributed by atoms with E-state index in [1.54, 1.807) is 23.1 Å². The van der Waals surface area contributed by atoms with E-state index in [1.807, 2.05) is 0 Å². The van der Waals surface area contributed by atoms with Crippen molar-refractivity contribution in [3.05, 3.63) is 81.6 Å². The van der Waals surface area contributed by atoms with Crippen molar-refractivity contribution in [1.29, 1.82) is 0 Å². The Bertz CT molecular complexity index is 1350. The maximum atomic E-state index is 14.0. The van der Waals surface area contributed by atoms with Gasteiger partial charge in [0.15, 0.2) is 5.16 Å². The van der Waals surface area contributed by atoms with Crippen LogP contribution >= 0.6 is 23.1 Å². The molecule has 2 heterocycles. The average Bonchev–Trinajstić information content (AvgIpc) is 3.25. The Morgan fingerprint density at radius 3 is 2.61 bits per heavy atom. The van der Waals surface area contributed by atoms with Gasteiger partial charge in [0, 0.05) is 16.7 Å². The molecule has 3 nitrogen and oxygen atoms in total. The van der Waals surface area contributed by atoms with Crippen LogP contribution in [0, 0.1) is 0 Å². The molecule has 1 fully saturated rings. The summed E-state index contributed by atoms with van der Waals surface area (Å²) >= 11 is 3.47. The third kappa shape index (κ3) is 3.95. The van der Waals surface area contributed by atoms with E-state index in [0.717, 1.165) is 53.2 Å². The topological polar surface area (TPSA) is 34.9 Å². The number of aryl methyl sites for hydroxylation is 3. The molecule has 4 aromatic rings. The highest BCUT2D eigenvalue weighted by Crippen LogP contribution is 2.43.